The van der Waals surface area contributed by atoms with Gasteiger partial charge in [-0.25, -0.2) is 0 Å². The van der Waals surface area contributed by atoms with Crippen molar-refractivity contribution >= 4 is 17.2 Å². The number of amides is 1. The lowest BCUT2D eigenvalue weighted by Gasteiger charge is -2.10. The zero-order valence-corrected chi connectivity index (χ0v) is 12.8. The van der Waals surface area contributed by atoms with E-state index < -0.39 is 0 Å². The maximum atomic E-state index is 12.1. The third-order valence-electron chi connectivity index (χ3n) is 2.81. The topological polar surface area (TPSA) is 62.5 Å². The van der Waals surface area contributed by atoms with Gasteiger partial charge in [-0.15, -0.1) is 11.3 Å². The summed E-state index contributed by atoms with van der Waals surface area (Å²) in [7, 11) is 0. The first kappa shape index (κ1) is 15.4. The Morgan fingerprint density at radius 3 is 2.90 bits per heavy atom. The van der Waals surface area contributed by atoms with Crippen molar-refractivity contribution in [1.29, 1.82) is 0 Å². The van der Waals surface area contributed by atoms with Crippen LogP contribution in [0, 0.1) is 18.8 Å². The van der Waals surface area contributed by atoms with Crippen molar-refractivity contribution in [2.45, 2.75) is 26.3 Å². The van der Waals surface area contributed by atoms with E-state index in [9.17, 15) is 4.79 Å². The molecule has 0 aliphatic rings. The van der Waals surface area contributed by atoms with Crippen LogP contribution in [0.15, 0.2) is 28.7 Å². The van der Waals surface area contributed by atoms with E-state index in [4.69, 9.17) is 9.52 Å². The molecule has 0 saturated heterocycles. The second kappa shape index (κ2) is 7.11. The summed E-state index contributed by atoms with van der Waals surface area (Å²) in [4.78, 5) is 13.6. The second-order valence-electron chi connectivity index (χ2n) is 4.58. The van der Waals surface area contributed by atoms with Gasteiger partial charge in [-0.2, -0.15) is 0 Å². The van der Waals surface area contributed by atoms with E-state index in [1.807, 2.05) is 32.0 Å². The molecule has 2 aromatic heterocycles. The van der Waals surface area contributed by atoms with Gasteiger partial charge in [-0.3, -0.25) is 4.79 Å². The number of aryl methyl sites for hydroxylation is 1. The van der Waals surface area contributed by atoms with Crippen LogP contribution in [0.25, 0.3) is 0 Å². The first-order valence-electron chi connectivity index (χ1n) is 6.67. The van der Waals surface area contributed by atoms with Crippen LogP contribution >= 0.6 is 11.3 Å². The van der Waals surface area contributed by atoms with Crippen LogP contribution in [0.2, 0.25) is 0 Å². The summed E-state index contributed by atoms with van der Waals surface area (Å²) in [5.74, 6) is 7.17. The van der Waals surface area contributed by atoms with Crippen molar-refractivity contribution in [3.63, 3.8) is 0 Å². The lowest BCUT2D eigenvalue weighted by Crippen LogP contribution is -2.25. The van der Waals surface area contributed by atoms with Crippen molar-refractivity contribution in [2.24, 2.45) is 0 Å². The minimum atomic E-state index is -0.183. The predicted octanol–water partition coefficient (Wildman–Crippen LogP) is 2.87. The number of carbonyl (C=O) groups excluding carboxylic acids is 1. The average Bonchev–Trinajstić information content (AvgIpc) is 3.08. The van der Waals surface area contributed by atoms with Gasteiger partial charge in [0.25, 0.3) is 5.91 Å². The molecule has 0 radical (unpaired) electrons. The van der Waals surface area contributed by atoms with Crippen molar-refractivity contribution in [3.05, 3.63) is 45.5 Å². The summed E-state index contributed by atoms with van der Waals surface area (Å²) in [5.41, 5.74) is 0. The summed E-state index contributed by atoms with van der Waals surface area (Å²) in [6.07, 6.45) is 0.439. The number of hydrogen-bond donors (Lipinski definition) is 2. The molecule has 1 unspecified atom stereocenters. The molecule has 1 amide bonds. The van der Waals surface area contributed by atoms with Crippen LogP contribution in [0.4, 0.5) is 0 Å². The minimum absolute atomic E-state index is 0.0474. The highest BCUT2D eigenvalue weighted by Crippen LogP contribution is 2.19. The SMILES string of the molecule is Cc1ccc(C(C)NC(=O)c2ccc(C#CCCO)s2)o1. The maximum absolute atomic E-state index is 12.1. The Hall–Kier alpha value is -2.03. The normalized spacial score (nSPS) is 11.6. The maximum Gasteiger partial charge on any atom is 0.261 e. The molecular weight excluding hydrogens is 286 g/mol. The molecule has 2 heterocycles. The Morgan fingerprint density at radius 2 is 2.24 bits per heavy atom. The molecule has 0 aliphatic heterocycles. The standard InChI is InChI=1S/C16H17NO3S/c1-11-6-8-14(20-11)12(2)17-16(19)15-9-7-13(21-15)5-3-4-10-18/h6-9,12,18H,4,10H2,1-2H3,(H,17,19). The number of thiophene rings is 1. The number of aliphatic hydroxyl groups is 1. The van der Waals surface area contributed by atoms with Gasteiger partial charge in [0.15, 0.2) is 0 Å². The van der Waals surface area contributed by atoms with E-state index in [-0.39, 0.29) is 18.6 Å². The zero-order chi connectivity index (χ0) is 15.2. The summed E-state index contributed by atoms with van der Waals surface area (Å²) in [6, 6.07) is 7.12. The molecule has 110 valence electrons. The number of rotatable bonds is 4. The highest BCUT2D eigenvalue weighted by atomic mass is 32.1. The Labute approximate surface area is 127 Å². The van der Waals surface area contributed by atoms with Gasteiger partial charge < -0.3 is 14.8 Å². The third-order valence-corrected chi connectivity index (χ3v) is 3.81. The quantitative estimate of drug-likeness (QED) is 0.854. The molecule has 0 bridgehead atoms. The summed E-state index contributed by atoms with van der Waals surface area (Å²) < 4.78 is 5.50. The van der Waals surface area contributed by atoms with E-state index in [1.54, 1.807) is 6.07 Å². The lowest BCUT2D eigenvalue weighted by atomic mass is 10.2. The van der Waals surface area contributed by atoms with Crippen LogP contribution < -0.4 is 5.32 Å². The van der Waals surface area contributed by atoms with Gasteiger partial charge in [0, 0.05) is 6.42 Å². The predicted molar refractivity (Wildman–Crippen MR) is 82.2 cm³/mol. The van der Waals surface area contributed by atoms with Gasteiger partial charge in [0.2, 0.25) is 0 Å². The molecule has 1 atom stereocenters. The summed E-state index contributed by atoms with van der Waals surface area (Å²) >= 11 is 1.34. The van der Waals surface area contributed by atoms with E-state index in [0.717, 1.165) is 16.4 Å². The lowest BCUT2D eigenvalue weighted by molar-refractivity contribution is 0.0939. The molecule has 21 heavy (non-hydrogen) atoms. The number of hydrogen-bond acceptors (Lipinski definition) is 4. The first-order valence-corrected chi connectivity index (χ1v) is 7.48. The highest BCUT2D eigenvalue weighted by molar-refractivity contribution is 7.14. The van der Waals surface area contributed by atoms with Crippen molar-refractivity contribution in [1.82, 2.24) is 5.32 Å². The molecular formula is C16H17NO3S. The van der Waals surface area contributed by atoms with Gasteiger partial charge in [0.1, 0.15) is 11.5 Å². The molecule has 0 spiro atoms. The molecule has 0 aliphatic carbocycles. The molecule has 2 aromatic rings. The summed E-state index contributed by atoms with van der Waals surface area (Å²) in [6.45, 7) is 3.80. The third kappa shape index (κ3) is 4.22. The fourth-order valence-electron chi connectivity index (χ4n) is 1.76. The number of nitrogens with one attached hydrogen (secondary N) is 1. The van der Waals surface area contributed by atoms with Crippen LogP contribution in [0.1, 0.15) is 45.5 Å². The number of aliphatic hydroxyl groups excluding tert-OH is 1. The van der Waals surface area contributed by atoms with Gasteiger partial charge >= 0.3 is 0 Å². The van der Waals surface area contributed by atoms with Gasteiger partial charge in [-0.1, -0.05) is 11.8 Å². The van der Waals surface area contributed by atoms with Crippen LogP contribution in [0.5, 0.6) is 0 Å². The molecule has 0 saturated carbocycles. The van der Waals surface area contributed by atoms with Crippen LogP contribution in [-0.4, -0.2) is 17.6 Å². The largest absolute Gasteiger partial charge is 0.464 e. The van der Waals surface area contributed by atoms with Crippen molar-refractivity contribution in [2.75, 3.05) is 6.61 Å². The smallest absolute Gasteiger partial charge is 0.261 e. The number of carbonyl (C=O) groups is 1. The molecule has 4 nitrogen and oxygen atoms in total. The van der Waals surface area contributed by atoms with E-state index in [2.05, 4.69) is 17.2 Å². The van der Waals surface area contributed by atoms with Gasteiger partial charge in [-0.05, 0) is 38.1 Å². The Morgan fingerprint density at radius 1 is 1.43 bits per heavy atom. The van der Waals surface area contributed by atoms with Crippen LogP contribution in [-0.2, 0) is 0 Å². The molecule has 0 aromatic carbocycles. The Balaban J connectivity index is 1.99. The fourth-order valence-corrected chi connectivity index (χ4v) is 2.54. The fraction of sp³-hybridized carbons (Fsp3) is 0.312. The molecule has 0 fully saturated rings. The molecule has 2 N–H and O–H groups in total. The molecule has 2 rings (SSSR count). The number of furan rings is 1. The van der Waals surface area contributed by atoms with Crippen molar-refractivity contribution in [3.8, 4) is 11.8 Å². The van der Waals surface area contributed by atoms with E-state index in [0.29, 0.717) is 11.3 Å². The second-order valence-corrected chi connectivity index (χ2v) is 5.67. The Bertz CT molecular complexity index is 675. The van der Waals surface area contributed by atoms with Crippen LogP contribution in [0.3, 0.4) is 0 Å². The Kier molecular flexibility index (Phi) is 5.20. The average molecular weight is 303 g/mol. The zero-order valence-electron chi connectivity index (χ0n) is 12.0. The minimum Gasteiger partial charge on any atom is -0.464 e. The summed E-state index contributed by atoms with van der Waals surface area (Å²) in [5, 5.41) is 11.6. The molecule has 5 heteroatoms. The van der Waals surface area contributed by atoms with E-state index >= 15 is 0 Å². The first-order chi connectivity index (χ1) is 10.1. The highest BCUT2D eigenvalue weighted by Gasteiger charge is 2.15. The van der Waals surface area contributed by atoms with Gasteiger partial charge in [0.05, 0.1) is 22.4 Å². The van der Waals surface area contributed by atoms with Crippen molar-refractivity contribution < 1.29 is 14.3 Å². The monoisotopic (exact) mass is 303 g/mol. The van der Waals surface area contributed by atoms with E-state index in [1.165, 1.54) is 11.3 Å².